The molecule has 1 fully saturated rings. The van der Waals surface area contributed by atoms with Gasteiger partial charge in [0.15, 0.2) is 0 Å². The van der Waals surface area contributed by atoms with Crippen molar-refractivity contribution in [2.24, 2.45) is 5.92 Å². The van der Waals surface area contributed by atoms with Crippen LogP contribution in [0.3, 0.4) is 0 Å². The van der Waals surface area contributed by atoms with Gasteiger partial charge in [-0.3, -0.25) is 14.5 Å². The van der Waals surface area contributed by atoms with Crippen LogP contribution >= 0.6 is 12.4 Å². The van der Waals surface area contributed by atoms with Crippen molar-refractivity contribution in [2.45, 2.75) is 13.0 Å². The van der Waals surface area contributed by atoms with E-state index in [-0.39, 0.29) is 36.6 Å². The average molecular weight is 331 g/mol. The lowest BCUT2D eigenvalue weighted by Crippen LogP contribution is -2.37. The minimum absolute atomic E-state index is 0. The molecular weight excluding hydrogens is 311 g/mol. The largest absolute Gasteiger partial charge is 0.481 e. The fourth-order valence-electron chi connectivity index (χ4n) is 2.44. The van der Waals surface area contributed by atoms with E-state index in [1.807, 2.05) is 4.90 Å². The molecule has 1 N–H and O–H groups in total. The van der Waals surface area contributed by atoms with Crippen molar-refractivity contribution in [2.75, 3.05) is 26.7 Å². The quantitative estimate of drug-likeness (QED) is 0.891. The molecule has 0 aromatic heterocycles. The number of benzene rings is 1. The molecule has 0 saturated carbocycles. The summed E-state index contributed by atoms with van der Waals surface area (Å²) in [7, 11) is 1.69. The maximum absolute atomic E-state index is 12.8. The summed E-state index contributed by atoms with van der Waals surface area (Å²) in [6, 6.07) is 6.03. The van der Waals surface area contributed by atoms with Crippen molar-refractivity contribution >= 4 is 24.3 Å². The molecule has 1 heterocycles. The highest BCUT2D eigenvalue weighted by Crippen LogP contribution is 2.16. The number of hydrogen-bond donors (Lipinski definition) is 1. The van der Waals surface area contributed by atoms with Gasteiger partial charge in [0.05, 0.1) is 12.5 Å². The van der Waals surface area contributed by atoms with E-state index in [9.17, 15) is 14.0 Å². The van der Waals surface area contributed by atoms with E-state index in [1.165, 1.54) is 12.1 Å². The number of rotatable bonds is 5. The zero-order valence-corrected chi connectivity index (χ0v) is 13.2. The van der Waals surface area contributed by atoms with Crippen LogP contribution in [0.25, 0.3) is 0 Å². The molecule has 7 heteroatoms. The van der Waals surface area contributed by atoms with E-state index in [0.29, 0.717) is 26.1 Å². The third-order valence-corrected chi connectivity index (χ3v) is 3.74. The average Bonchev–Trinajstić information content (AvgIpc) is 2.90. The predicted octanol–water partition coefficient (Wildman–Crippen LogP) is 1.61. The summed E-state index contributed by atoms with van der Waals surface area (Å²) in [5, 5.41) is 8.94. The zero-order chi connectivity index (χ0) is 15.4. The lowest BCUT2D eigenvalue weighted by Gasteiger charge is -2.21. The number of amides is 1. The highest BCUT2D eigenvalue weighted by atomic mass is 35.5. The van der Waals surface area contributed by atoms with Crippen LogP contribution < -0.4 is 0 Å². The van der Waals surface area contributed by atoms with Crippen LogP contribution in [-0.2, 0) is 16.1 Å². The van der Waals surface area contributed by atoms with E-state index in [0.717, 1.165) is 5.56 Å². The SMILES string of the molecule is CN(Cc1ccc(F)cc1)C(=O)CN1CCC(C(=O)O)C1.Cl. The Morgan fingerprint density at radius 2 is 2.00 bits per heavy atom. The number of likely N-dealkylation sites (tertiary alicyclic amines) is 1. The van der Waals surface area contributed by atoms with Crippen LogP contribution in [0.4, 0.5) is 4.39 Å². The highest BCUT2D eigenvalue weighted by Gasteiger charge is 2.29. The van der Waals surface area contributed by atoms with Gasteiger partial charge in [0, 0.05) is 20.1 Å². The first-order valence-corrected chi connectivity index (χ1v) is 6.89. The Morgan fingerprint density at radius 1 is 1.36 bits per heavy atom. The van der Waals surface area contributed by atoms with Crippen LogP contribution in [0.15, 0.2) is 24.3 Å². The molecule has 22 heavy (non-hydrogen) atoms. The van der Waals surface area contributed by atoms with Crippen molar-refractivity contribution in [3.63, 3.8) is 0 Å². The first-order valence-electron chi connectivity index (χ1n) is 6.89. The molecule has 2 rings (SSSR count). The molecule has 0 aliphatic carbocycles. The number of nitrogens with zero attached hydrogens (tertiary/aromatic N) is 2. The number of carboxylic acids is 1. The maximum atomic E-state index is 12.8. The Kier molecular flexibility index (Phi) is 6.77. The molecule has 1 aromatic rings. The van der Waals surface area contributed by atoms with Gasteiger partial charge in [0.25, 0.3) is 0 Å². The lowest BCUT2D eigenvalue weighted by molar-refractivity contribution is -0.141. The normalized spacial score (nSPS) is 17.8. The van der Waals surface area contributed by atoms with Crippen molar-refractivity contribution < 1.29 is 19.1 Å². The van der Waals surface area contributed by atoms with Crippen molar-refractivity contribution in [1.29, 1.82) is 0 Å². The summed E-state index contributed by atoms with van der Waals surface area (Å²) in [6.07, 6.45) is 0.588. The molecule has 5 nitrogen and oxygen atoms in total. The Bertz CT molecular complexity index is 524. The zero-order valence-electron chi connectivity index (χ0n) is 12.4. The molecule has 1 aliphatic rings. The van der Waals surface area contributed by atoms with Gasteiger partial charge in [-0.25, -0.2) is 4.39 Å². The maximum Gasteiger partial charge on any atom is 0.307 e. The van der Waals surface area contributed by atoms with Gasteiger partial charge in [0.1, 0.15) is 5.82 Å². The number of aliphatic carboxylic acids is 1. The molecule has 1 saturated heterocycles. The van der Waals surface area contributed by atoms with E-state index < -0.39 is 5.97 Å². The van der Waals surface area contributed by atoms with Gasteiger partial charge in [-0.1, -0.05) is 12.1 Å². The molecule has 0 spiro atoms. The monoisotopic (exact) mass is 330 g/mol. The van der Waals surface area contributed by atoms with Gasteiger partial charge in [-0.15, -0.1) is 12.4 Å². The molecular formula is C15H20ClFN2O3. The molecule has 1 aromatic carbocycles. The van der Waals surface area contributed by atoms with Crippen molar-refractivity contribution in [3.05, 3.63) is 35.6 Å². The summed E-state index contributed by atoms with van der Waals surface area (Å²) in [4.78, 5) is 26.4. The van der Waals surface area contributed by atoms with Crippen LogP contribution in [0.2, 0.25) is 0 Å². The van der Waals surface area contributed by atoms with Gasteiger partial charge in [-0.2, -0.15) is 0 Å². The number of likely N-dealkylation sites (N-methyl/N-ethyl adjacent to an activating group) is 1. The van der Waals surface area contributed by atoms with E-state index in [1.54, 1.807) is 24.1 Å². The second-order valence-electron chi connectivity index (χ2n) is 5.44. The van der Waals surface area contributed by atoms with Crippen LogP contribution in [0.1, 0.15) is 12.0 Å². The third kappa shape index (κ3) is 4.96. The third-order valence-electron chi connectivity index (χ3n) is 3.74. The minimum atomic E-state index is -0.801. The van der Waals surface area contributed by atoms with Crippen LogP contribution in [0, 0.1) is 11.7 Å². The highest BCUT2D eigenvalue weighted by molar-refractivity contribution is 5.85. The van der Waals surface area contributed by atoms with Gasteiger partial charge in [-0.05, 0) is 30.7 Å². The van der Waals surface area contributed by atoms with Crippen molar-refractivity contribution in [1.82, 2.24) is 9.80 Å². The lowest BCUT2D eigenvalue weighted by atomic mass is 10.1. The molecule has 1 aliphatic heterocycles. The van der Waals surface area contributed by atoms with Gasteiger partial charge in [0.2, 0.25) is 5.91 Å². The Labute approximate surface area is 135 Å². The fourth-order valence-corrected chi connectivity index (χ4v) is 2.44. The predicted molar refractivity (Wildman–Crippen MR) is 82.3 cm³/mol. The second-order valence-corrected chi connectivity index (χ2v) is 5.44. The molecule has 1 atom stereocenters. The van der Waals surface area contributed by atoms with Crippen LogP contribution in [-0.4, -0.2) is 53.5 Å². The topological polar surface area (TPSA) is 60.9 Å². The first kappa shape index (κ1) is 18.4. The van der Waals surface area contributed by atoms with E-state index in [4.69, 9.17) is 5.11 Å². The summed E-state index contributed by atoms with van der Waals surface area (Å²) < 4.78 is 12.8. The molecule has 0 bridgehead atoms. The van der Waals surface area contributed by atoms with Crippen LogP contribution in [0.5, 0.6) is 0 Å². The summed E-state index contributed by atoms with van der Waals surface area (Å²) in [5.41, 5.74) is 0.858. The molecule has 0 radical (unpaired) electrons. The smallest absolute Gasteiger partial charge is 0.307 e. The molecule has 1 unspecified atom stereocenters. The standard InChI is InChI=1S/C15H19FN2O3.ClH/c1-17(8-11-2-4-13(16)5-3-11)14(19)10-18-7-6-12(9-18)15(20)21;/h2-5,12H,6-10H2,1H3,(H,20,21);1H. The number of carboxylic acid groups (broad SMARTS) is 1. The van der Waals surface area contributed by atoms with E-state index in [2.05, 4.69) is 0 Å². The summed E-state index contributed by atoms with van der Waals surface area (Å²) in [5.74, 6) is -1.54. The summed E-state index contributed by atoms with van der Waals surface area (Å²) in [6.45, 7) is 1.69. The molecule has 122 valence electrons. The number of carbonyl (C=O) groups excluding carboxylic acids is 1. The molecule has 1 amide bonds. The number of hydrogen-bond acceptors (Lipinski definition) is 3. The minimum Gasteiger partial charge on any atom is -0.481 e. The Balaban J connectivity index is 0.00000242. The number of halogens is 2. The van der Waals surface area contributed by atoms with E-state index >= 15 is 0 Å². The van der Waals surface area contributed by atoms with Gasteiger partial charge >= 0.3 is 5.97 Å². The van der Waals surface area contributed by atoms with Gasteiger partial charge < -0.3 is 10.0 Å². The fraction of sp³-hybridized carbons (Fsp3) is 0.467. The summed E-state index contributed by atoms with van der Waals surface area (Å²) >= 11 is 0. The second kappa shape index (κ2) is 8.10. The Morgan fingerprint density at radius 3 is 2.55 bits per heavy atom. The number of carbonyl (C=O) groups is 2. The van der Waals surface area contributed by atoms with Crippen molar-refractivity contribution in [3.8, 4) is 0 Å². The Hall–Kier alpha value is -1.66. The first-order chi connectivity index (χ1) is 9.95.